The first kappa shape index (κ1) is 18.6. The van der Waals surface area contributed by atoms with E-state index in [-0.39, 0.29) is 17.6 Å². The summed E-state index contributed by atoms with van der Waals surface area (Å²) in [5.74, 6) is -0.580. The molecule has 0 radical (unpaired) electrons. The highest BCUT2D eigenvalue weighted by molar-refractivity contribution is 6.06. The lowest BCUT2D eigenvalue weighted by atomic mass is 10.1. The maximum atomic E-state index is 13.2. The number of hydrogen-bond donors (Lipinski definition) is 1. The fraction of sp³-hybridized carbons (Fsp3) is 0.300. The van der Waals surface area contributed by atoms with Gasteiger partial charge in [0.15, 0.2) is 0 Å². The number of halogens is 1. The van der Waals surface area contributed by atoms with Gasteiger partial charge in [0.1, 0.15) is 5.82 Å². The van der Waals surface area contributed by atoms with Crippen molar-refractivity contribution in [1.29, 1.82) is 0 Å². The Morgan fingerprint density at radius 2 is 1.68 bits per heavy atom. The zero-order valence-electron chi connectivity index (χ0n) is 14.6. The molecule has 0 heterocycles. The summed E-state index contributed by atoms with van der Waals surface area (Å²) in [5, 5.41) is 2.80. The lowest BCUT2D eigenvalue weighted by Crippen LogP contribution is -2.38. The third-order valence-corrected chi connectivity index (χ3v) is 3.82. The van der Waals surface area contributed by atoms with Crippen LogP contribution in [0, 0.1) is 12.7 Å². The van der Waals surface area contributed by atoms with Crippen molar-refractivity contribution in [1.82, 2.24) is 5.32 Å². The number of carbonyl (C=O) groups excluding carboxylic acids is 2. The average molecular weight is 342 g/mol. The molecule has 4 nitrogen and oxygen atoms in total. The number of benzene rings is 2. The monoisotopic (exact) mass is 342 g/mol. The molecule has 0 atom stereocenters. The van der Waals surface area contributed by atoms with Gasteiger partial charge in [0.2, 0.25) is 5.91 Å². The molecule has 2 aromatic rings. The second-order valence-corrected chi connectivity index (χ2v) is 5.90. The number of nitrogens with zero attached hydrogens (tertiary/aromatic N) is 1. The molecule has 2 rings (SSSR count). The third-order valence-electron chi connectivity index (χ3n) is 3.82. The molecule has 0 aromatic heterocycles. The molecule has 25 heavy (non-hydrogen) atoms. The molecule has 0 aliphatic heterocycles. The van der Waals surface area contributed by atoms with Crippen LogP contribution in [-0.2, 0) is 4.79 Å². The van der Waals surface area contributed by atoms with E-state index in [4.69, 9.17) is 0 Å². The first-order valence-electron chi connectivity index (χ1n) is 8.42. The zero-order chi connectivity index (χ0) is 18.2. The van der Waals surface area contributed by atoms with Gasteiger partial charge >= 0.3 is 0 Å². The molecule has 2 amide bonds. The molecular weight excluding hydrogens is 319 g/mol. The van der Waals surface area contributed by atoms with Crippen LogP contribution in [0.25, 0.3) is 0 Å². The summed E-state index contributed by atoms with van der Waals surface area (Å²) in [6.45, 7) is 4.54. The highest BCUT2D eigenvalue weighted by Crippen LogP contribution is 2.18. The van der Waals surface area contributed by atoms with Crippen molar-refractivity contribution in [3.05, 3.63) is 65.5 Å². The van der Waals surface area contributed by atoms with Crippen LogP contribution < -0.4 is 10.2 Å². The fourth-order valence-electron chi connectivity index (χ4n) is 2.44. The minimum atomic E-state index is -0.359. The SMILES string of the molecule is CCCC(=O)NCCN(C(=O)c1ccc(C)cc1)c1ccc(F)cc1. The van der Waals surface area contributed by atoms with E-state index in [2.05, 4.69) is 5.32 Å². The predicted molar refractivity (Wildman–Crippen MR) is 97.2 cm³/mol. The van der Waals surface area contributed by atoms with E-state index in [1.165, 1.54) is 12.1 Å². The van der Waals surface area contributed by atoms with E-state index >= 15 is 0 Å². The van der Waals surface area contributed by atoms with Gasteiger partial charge in [0.05, 0.1) is 0 Å². The van der Waals surface area contributed by atoms with Crippen molar-refractivity contribution in [3.63, 3.8) is 0 Å². The van der Waals surface area contributed by atoms with Crippen LogP contribution in [0.5, 0.6) is 0 Å². The largest absolute Gasteiger partial charge is 0.354 e. The predicted octanol–water partition coefficient (Wildman–Crippen LogP) is 3.70. The lowest BCUT2D eigenvalue weighted by Gasteiger charge is -2.23. The normalized spacial score (nSPS) is 10.4. The minimum absolute atomic E-state index is 0.0376. The summed E-state index contributed by atoms with van der Waals surface area (Å²) in [6, 6.07) is 13.1. The van der Waals surface area contributed by atoms with Crippen LogP contribution in [0.1, 0.15) is 35.7 Å². The maximum absolute atomic E-state index is 13.2. The number of aryl methyl sites for hydroxylation is 1. The second-order valence-electron chi connectivity index (χ2n) is 5.90. The summed E-state index contributed by atoms with van der Waals surface area (Å²) in [6.07, 6.45) is 1.23. The summed E-state index contributed by atoms with van der Waals surface area (Å²) in [4.78, 5) is 26.0. The molecule has 2 aromatic carbocycles. The highest BCUT2D eigenvalue weighted by atomic mass is 19.1. The van der Waals surface area contributed by atoms with Crippen molar-refractivity contribution in [2.75, 3.05) is 18.0 Å². The van der Waals surface area contributed by atoms with Crippen LogP contribution >= 0.6 is 0 Å². The Labute approximate surface area is 147 Å². The molecule has 1 N–H and O–H groups in total. The van der Waals surface area contributed by atoms with Crippen molar-refractivity contribution in [2.45, 2.75) is 26.7 Å². The van der Waals surface area contributed by atoms with E-state index in [0.29, 0.717) is 30.8 Å². The van der Waals surface area contributed by atoms with E-state index in [1.807, 2.05) is 26.0 Å². The fourth-order valence-corrected chi connectivity index (χ4v) is 2.44. The molecule has 132 valence electrons. The number of rotatable bonds is 7. The number of anilines is 1. The smallest absolute Gasteiger partial charge is 0.258 e. The van der Waals surface area contributed by atoms with Crippen molar-refractivity contribution < 1.29 is 14.0 Å². The van der Waals surface area contributed by atoms with E-state index in [9.17, 15) is 14.0 Å². The maximum Gasteiger partial charge on any atom is 0.258 e. The van der Waals surface area contributed by atoms with Gasteiger partial charge in [0, 0.05) is 30.8 Å². The van der Waals surface area contributed by atoms with Crippen molar-refractivity contribution in [3.8, 4) is 0 Å². The van der Waals surface area contributed by atoms with Crippen LogP contribution in [0.3, 0.4) is 0 Å². The Hall–Kier alpha value is -2.69. The topological polar surface area (TPSA) is 49.4 Å². The van der Waals surface area contributed by atoms with Crippen molar-refractivity contribution in [2.24, 2.45) is 0 Å². The number of amides is 2. The summed E-state index contributed by atoms with van der Waals surface area (Å²) >= 11 is 0. The summed E-state index contributed by atoms with van der Waals surface area (Å²) in [7, 11) is 0. The van der Waals surface area contributed by atoms with Gasteiger partial charge in [0.25, 0.3) is 5.91 Å². The first-order valence-corrected chi connectivity index (χ1v) is 8.42. The Morgan fingerprint density at radius 3 is 2.28 bits per heavy atom. The Bertz CT molecular complexity index is 711. The molecule has 0 saturated carbocycles. The number of nitrogens with one attached hydrogen (secondary N) is 1. The van der Waals surface area contributed by atoms with Crippen molar-refractivity contribution >= 4 is 17.5 Å². The van der Waals surface area contributed by atoms with Gasteiger partial charge in [-0.15, -0.1) is 0 Å². The van der Waals surface area contributed by atoms with E-state index in [0.717, 1.165) is 12.0 Å². The quantitative estimate of drug-likeness (QED) is 0.834. The van der Waals surface area contributed by atoms with Gasteiger partial charge in [-0.3, -0.25) is 9.59 Å². The van der Waals surface area contributed by atoms with Crippen LogP contribution in [0.15, 0.2) is 48.5 Å². The summed E-state index contributed by atoms with van der Waals surface area (Å²) in [5.41, 5.74) is 2.21. The number of carbonyl (C=O) groups is 2. The van der Waals surface area contributed by atoms with E-state index < -0.39 is 0 Å². The Morgan fingerprint density at radius 1 is 1.04 bits per heavy atom. The molecule has 0 bridgehead atoms. The molecule has 0 aliphatic rings. The van der Waals surface area contributed by atoms with Crippen LogP contribution in [0.2, 0.25) is 0 Å². The minimum Gasteiger partial charge on any atom is -0.354 e. The van der Waals surface area contributed by atoms with Gasteiger partial charge < -0.3 is 10.2 Å². The molecule has 0 spiro atoms. The number of hydrogen-bond acceptors (Lipinski definition) is 2. The van der Waals surface area contributed by atoms with Crippen LogP contribution in [0.4, 0.5) is 10.1 Å². The molecule has 0 aliphatic carbocycles. The molecule has 0 unspecified atom stereocenters. The van der Waals surface area contributed by atoms with Gasteiger partial charge in [-0.25, -0.2) is 4.39 Å². The first-order chi connectivity index (χ1) is 12.0. The molecular formula is C20H23FN2O2. The molecule has 0 fully saturated rings. The molecule has 0 saturated heterocycles. The van der Waals surface area contributed by atoms with Crippen LogP contribution in [-0.4, -0.2) is 24.9 Å². The Kier molecular flexibility index (Phi) is 6.69. The summed E-state index contributed by atoms with van der Waals surface area (Å²) < 4.78 is 13.2. The molecule has 5 heteroatoms. The zero-order valence-corrected chi connectivity index (χ0v) is 14.6. The highest BCUT2D eigenvalue weighted by Gasteiger charge is 2.18. The Balaban J connectivity index is 2.16. The standard InChI is InChI=1S/C20H23FN2O2/c1-3-4-19(24)22-13-14-23(18-11-9-17(21)10-12-18)20(25)16-7-5-15(2)6-8-16/h5-12H,3-4,13-14H2,1-2H3,(H,22,24). The lowest BCUT2D eigenvalue weighted by molar-refractivity contribution is -0.121. The average Bonchev–Trinajstić information content (AvgIpc) is 2.60. The van der Waals surface area contributed by atoms with Gasteiger partial charge in [-0.2, -0.15) is 0 Å². The van der Waals surface area contributed by atoms with Gasteiger partial charge in [-0.1, -0.05) is 24.6 Å². The second kappa shape index (κ2) is 8.97. The third kappa shape index (κ3) is 5.41. The van der Waals surface area contributed by atoms with Gasteiger partial charge in [-0.05, 0) is 49.7 Å². The van der Waals surface area contributed by atoms with E-state index in [1.54, 1.807) is 29.2 Å².